The zero-order chi connectivity index (χ0) is 12.8. The molecule has 0 heterocycles. The molecule has 4 nitrogen and oxygen atoms in total. The Morgan fingerprint density at radius 2 is 1.89 bits per heavy atom. The Morgan fingerprint density at radius 3 is 2.44 bits per heavy atom. The molecule has 2 amide bonds. The van der Waals surface area contributed by atoms with E-state index < -0.39 is 5.41 Å². The summed E-state index contributed by atoms with van der Waals surface area (Å²) in [6, 6.07) is 0. The maximum absolute atomic E-state index is 12.0. The molecule has 3 rings (SSSR count). The van der Waals surface area contributed by atoms with Crippen LogP contribution in [-0.2, 0) is 9.59 Å². The van der Waals surface area contributed by atoms with E-state index in [1.807, 2.05) is 0 Å². The van der Waals surface area contributed by atoms with Gasteiger partial charge in [-0.1, -0.05) is 12.8 Å². The third kappa shape index (κ3) is 2.13. The van der Waals surface area contributed by atoms with E-state index in [9.17, 15) is 9.59 Å². The van der Waals surface area contributed by atoms with E-state index in [1.54, 1.807) is 0 Å². The van der Waals surface area contributed by atoms with Gasteiger partial charge < -0.3 is 11.1 Å². The Morgan fingerprint density at radius 1 is 1.22 bits per heavy atom. The maximum Gasteiger partial charge on any atom is 0.225 e. The van der Waals surface area contributed by atoms with Gasteiger partial charge in [0.05, 0.1) is 5.41 Å². The fraction of sp³-hybridized carbons (Fsp3) is 0.857. The number of amides is 2. The maximum atomic E-state index is 12.0. The van der Waals surface area contributed by atoms with Crippen LogP contribution in [0, 0.1) is 23.2 Å². The Labute approximate surface area is 108 Å². The molecule has 0 aliphatic heterocycles. The number of carbonyl (C=O) groups excluding carboxylic acids is 2. The highest BCUT2D eigenvalue weighted by atomic mass is 16.2. The molecule has 100 valence electrons. The van der Waals surface area contributed by atoms with E-state index in [-0.39, 0.29) is 17.7 Å². The van der Waals surface area contributed by atoms with Gasteiger partial charge in [-0.15, -0.1) is 0 Å². The molecule has 3 N–H and O–H groups in total. The van der Waals surface area contributed by atoms with E-state index in [0.29, 0.717) is 12.5 Å². The minimum absolute atomic E-state index is 0.152. The monoisotopic (exact) mass is 250 g/mol. The number of nitrogens with one attached hydrogen (secondary N) is 1. The lowest BCUT2D eigenvalue weighted by molar-refractivity contribution is -0.128. The van der Waals surface area contributed by atoms with Gasteiger partial charge in [-0.2, -0.15) is 0 Å². The summed E-state index contributed by atoms with van der Waals surface area (Å²) in [7, 11) is 0. The smallest absolute Gasteiger partial charge is 0.225 e. The van der Waals surface area contributed by atoms with Gasteiger partial charge in [0.25, 0.3) is 0 Å². The first-order valence-corrected chi connectivity index (χ1v) is 7.20. The quantitative estimate of drug-likeness (QED) is 0.769. The van der Waals surface area contributed by atoms with E-state index in [2.05, 4.69) is 5.32 Å². The summed E-state index contributed by atoms with van der Waals surface area (Å²) < 4.78 is 0. The molecule has 0 aromatic rings. The number of rotatable bonds is 5. The largest absolute Gasteiger partial charge is 0.369 e. The Bertz CT molecular complexity index is 370. The molecule has 0 unspecified atom stereocenters. The normalized spacial score (nSPS) is 33.1. The number of hydrogen-bond acceptors (Lipinski definition) is 2. The van der Waals surface area contributed by atoms with Gasteiger partial charge in [0, 0.05) is 12.5 Å². The van der Waals surface area contributed by atoms with Crippen molar-refractivity contribution in [3.05, 3.63) is 0 Å². The molecular formula is C14H22N2O2. The van der Waals surface area contributed by atoms with Crippen molar-refractivity contribution >= 4 is 11.8 Å². The number of primary amides is 1. The SMILES string of the molecule is NC(=O)C1(CNC(=O)[C@H]2C[C@@H]2C2CC2)CCCC1. The average molecular weight is 250 g/mol. The van der Waals surface area contributed by atoms with Crippen LogP contribution in [0.1, 0.15) is 44.9 Å². The lowest BCUT2D eigenvalue weighted by Crippen LogP contribution is -2.45. The van der Waals surface area contributed by atoms with Crippen molar-refractivity contribution in [3.8, 4) is 0 Å². The first-order chi connectivity index (χ1) is 8.62. The molecule has 3 saturated carbocycles. The first kappa shape index (κ1) is 12.0. The zero-order valence-corrected chi connectivity index (χ0v) is 10.8. The van der Waals surface area contributed by atoms with Gasteiger partial charge >= 0.3 is 0 Å². The standard InChI is InChI=1S/C14H22N2O2/c15-13(18)14(5-1-2-6-14)8-16-12(17)11-7-10(11)9-3-4-9/h9-11H,1-8H2,(H2,15,18)(H,16,17)/t10-,11+/m1/s1. The Kier molecular flexibility index (Phi) is 2.83. The van der Waals surface area contributed by atoms with Crippen LogP contribution < -0.4 is 11.1 Å². The lowest BCUT2D eigenvalue weighted by atomic mass is 9.85. The second-order valence-electron chi connectivity index (χ2n) is 6.41. The van der Waals surface area contributed by atoms with E-state index >= 15 is 0 Å². The van der Waals surface area contributed by atoms with Crippen LogP contribution in [0.3, 0.4) is 0 Å². The lowest BCUT2D eigenvalue weighted by Gasteiger charge is -2.25. The van der Waals surface area contributed by atoms with E-state index in [1.165, 1.54) is 12.8 Å². The predicted molar refractivity (Wildman–Crippen MR) is 67.4 cm³/mol. The van der Waals surface area contributed by atoms with Gasteiger partial charge in [-0.25, -0.2) is 0 Å². The van der Waals surface area contributed by atoms with Crippen LogP contribution >= 0.6 is 0 Å². The average Bonchev–Trinajstić information content (AvgIpc) is 3.22. The summed E-state index contributed by atoms with van der Waals surface area (Å²) in [6.45, 7) is 0.453. The Hall–Kier alpha value is -1.06. The van der Waals surface area contributed by atoms with Gasteiger partial charge in [0.1, 0.15) is 0 Å². The van der Waals surface area contributed by atoms with E-state index in [4.69, 9.17) is 5.73 Å². The molecule has 3 fully saturated rings. The zero-order valence-electron chi connectivity index (χ0n) is 10.8. The minimum Gasteiger partial charge on any atom is -0.369 e. The van der Waals surface area contributed by atoms with Crippen LogP contribution in [0.2, 0.25) is 0 Å². The van der Waals surface area contributed by atoms with Gasteiger partial charge in [0.2, 0.25) is 11.8 Å². The molecule has 3 aliphatic carbocycles. The van der Waals surface area contributed by atoms with Crippen LogP contribution in [0.15, 0.2) is 0 Å². The molecule has 0 bridgehead atoms. The summed E-state index contributed by atoms with van der Waals surface area (Å²) in [4.78, 5) is 23.6. The molecule has 3 aliphatic rings. The van der Waals surface area contributed by atoms with Crippen molar-refractivity contribution < 1.29 is 9.59 Å². The molecule has 0 spiro atoms. The molecule has 0 saturated heterocycles. The molecule has 4 heteroatoms. The van der Waals surface area contributed by atoms with E-state index in [0.717, 1.165) is 38.0 Å². The van der Waals surface area contributed by atoms with Crippen LogP contribution in [0.5, 0.6) is 0 Å². The fourth-order valence-electron chi connectivity index (χ4n) is 3.51. The fourth-order valence-corrected chi connectivity index (χ4v) is 3.51. The van der Waals surface area contributed by atoms with Crippen LogP contribution in [0.4, 0.5) is 0 Å². The second-order valence-corrected chi connectivity index (χ2v) is 6.41. The molecular weight excluding hydrogens is 228 g/mol. The second kappa shape index (κ2) is 4.25. The molecule has 0 aromatic heterocycles. The minimum atomic E-state index is -0.459. The Balaban J connectivity index is 1.50. The molecule has 0 aromatic carbocycles. The van der Waals surface area contributed by atoms with Crippen molar-refractivity contribution in [2.75, 3.05) is 6.54 Å². The van der Waals surface area contributed by atoms with Crippen molar-refractivity contribution in [2.24, 2.45) is 28.9 Å². The molecule has 0 radical (unpaired) electrons. The van der Waals surface area contributed by atoms with Gasteiger partial charge in [-0.3, -0.25) is 9.59 Å². The summed E-state index contributed by atoms with van der Waals surface area (Å²) in [6.07, 6.45) is 7.43. The summed E-state index contributed by atoms with van der Waals surface area (Å²) in [5.74, 6) is 1.59. The number of nitrogens with two attached hydrogens (primary N) is 1. The van der Waals surface area contributed by atoms with Gasteiger partial charge in [-0.05, 0) is 43.9 Å². The third-order valence-electron chi connectivity index (χ3n) is 5.09. The molecule has 18 heavy (non-hydrogen) atoms. The number of hydrogen-bond donors (Lipinski definition) is 2. The highest BCUT2D eigenvalue weighted by molar-refractivity contribution is 5.84. The summed E-state index contributed by atoms with van der Waals surface area (Å²) >= 11 is 0. The predicted octanol–water partition coefficient (Wildman–Crippen LogP) is 1.19. The summed E-state index contributed by atoms with van der Waals surface area (Å²) in [5, 5.41) is 2.98. The highest BCUT2D eigenvalue weighted by Crippen LogP contribution is 2.54. The van der Waals surface area contributed by atoms with Crippen molar-refractivity contribution in [1.29, 1.82) is 0 Å². The molecule has 2 atom stereocenters. The first-order valence-electron chi connectivity index (χ1n) is 7.20. The van der Waals surface area contributed by atoms with Crippen molar-refractivity contribution in [2.45, 2.75) is 44.9 Å². The highest BCUT2D eigenvalue weighted by Gasteiger charge is 2.51. The summed E-state index contributed by atoms with van der Waals surface area (Å²) in [5.41, 5.74) is 5.05. The van der Waals surface area contributed by atoms with Crippen molar-refractivity contribution in [3.63, 3.8) is 0 Å². The van der Waals surface area contributed by atoms with Crippen molar-refractivity contribution in [1.82, 2.24) is 5.32 Å². The van der Waals surface area contributed by atoms with Crippen LogP contribution in [0.25, 0.3) is 0 Å². The third-order valence-corrected chi connectivity index (χ3v) is 5.09. The topological polar surface area (TPSA) is 72.2 Å². The van der Waals surface area contributed by atoms with Gasteiger partial charge in [0.15, 0.2) is 0 Å². The number of carbonyl (C=O) groups is 2. The van der Waals surface area contributed by atoms with Crippen LogP contribution in [-0.4, -0.2) is 18.4 Å².